The van der Waals surface area contributed by atoms with Crippen molar-refractivity contribution < 1.29 is 9.59 Å². The molecule has 0 fully saturated rings. The van der Waals surface area contributed by atoms with Gasteiger partial charge in [-0.15, -0.1) is 10.2 Å². The molecule has 2 aromatic heterocycles. The number of rotatable bonds is 5. The minimum Gasteiger partial charge on any atom is -0.338 e. The quantitative estimate of drug-likeness (QED) is 0.667. The van der Waals surface area contributed by atoms with E-state index < -0.39 is 17.2 Å². The second kappa shape index (κ2) is 7.69. The summed E-state index contributed by atoms with van der Waals surface area (Å²) in [6.07, 6.45) is 0. The Labute approximate surface area is 154 Å². The second-order valence-electron chi connectivity index (χ2n) is 5.64. The van der Waals surface area contributed by atoms with E-state index in [0.717, 1.165) is 28.6 Å². The highest BCUT2D eigenvalue weighted by Crippen LogP contribution is 2.27. The van der Waals surface area contributed by atoms with E-state index in [2.05, 4.69) is 30.4 Å². The molecule has 0 saturated carbocycles. The molecule has 0 radical (unpaired) electrons. The number of aryl methyl sites for hydroxylation is 1. The topological polar surface area (TPSA) is 102 Å². The summed E-state index contributed by atoms with van der Waals surface area (Å²) < 4.78 is 2.07. The summed E-state index contributed by atoms with van der Waals surface area (Å²) in [6.45, 7) is 6.72. The summed E-state index contributed by atoms with van der Waals surface area (Å²) in [5.74, 6) is -0.402. The van der Waals surface area contributed by atoms with Crippen LogP contribution in [0, 0.1) is 0 Å². The third kappa shape index (κ3) is 3.48. The van der Waals surface area contributed by atoms with Gasteiger partial charge in [-0.2, -0.15) is 0 Å². The van der Waals surface area contributed by atoms with Gasteiger partial charge < -0.3 is 9.88 Å². The van der Waals surface area contributed by atoms with Crippen LogP contribution in [0.15, 0.2) is 29.4 Å². The number of amides is 3. The lowest BCUT2D eigenvalue weighted by molar-refractivity contribution is -0.119. The van der Waals surface area contributed by atoms with Crippen molar-refractivity contribution in [2.45, 2.75) is 37.7 Å². The zero-order chi connectivity index (χ0) is 18.7. The molecule has 8 nitrogen and oxygen atoms in total. The summed E-state index contributed by atoms with van der Waals surface area (Å²) in [6, 6.07) is 7.45. The van der Waals surface area contributed by atoms with Gasteiger partial charge in [-0.3, -0.25) is 10.1 Å². The third-order valence-corrected chi connectivity index (χ3v) is 4.85. The number of carbonyl (C=O) groups excluding carboxylic acids is 2. The van der Waals surface area contributed by atoms with Gasteiger partial charge in [-0.25, -0.2) is 9.78 Å². The highest BCUT2D eigenvalue weighted by molar-refractivity contribution is 8.00. The van der Waals surface area contributed by atoms with E-state index in [-0.39, 0.29) is 0 Å². The Balaban J connectivity index is 1.86. The summed E-state index contributed by atoms with van der Waals surface area (Å²) >= 11 is 1.17. The number of benzene rings is 1. The molecule has 0 aliphatic heterocycles. The first-order valence-corrected chi connectivity index (χ1v) is 9.30. The van der Waals surface area contributed by atoms with Crippen LogP contribution in [0.1, 0.15) is 20.8 Å². The number of nitrogens with zero attached hydrogens (tertiary/aromatic N) is 4. The summed E-state index contributed by atoms with van der Waals surface area (Å²) in [7, 11) is 0. The van der Waals surface area contributed by atoms with Gasteiger partial charge in [0.2, 0.25) is 11.1 Å². The number of nitrogens with one attached hydrogen (secondary N) is 2. The maximum Gasteiger partial charge on any atom is 0.321 e. The fraction of sp³-hybridized carbons (Fsp3) is 0.353. The van der Waals surface area contributed by atoms with Crippen molar-refractivity contribution in [1.82, 2.24) is 30.4 Å². The Morgan fingerprint density at radius 2 is 2.00 bits per heavy atom. The Morgan fingerprint density at radius 3 is 2.73 bits per heavy atom. The van der Waals surface area contributed by atoms with Crippen LogP contribution in [0.2, 0.25) is 0 Å². The Hall–Kier alpha value is -2.68. The van der Waals surface area contributed by atoms with Gasteiger partial charge in [0.1, 0.15) is 5.52 Å². The number of carbonyl (C=O) groups is 2. The van der Waals surface area contributed by atoms with Crippen molar-refractivity contribution >= 4 is 45.8 Å². The smallest absolute Gasteiger partial charge is 0.321 e. The number of urea groups is 1. The molecular weight excluding hydrogens is 352 g/mol. The standard InChI is InChI=1S/C17H20N6O2S/c1-4-18-16(25)20-15(24)10(3)26-17-19-14-13(21-22-17)11-8-6-7-9-12(11)23(14)5-2/h6-10H,4-5H2,1-3H3,(H2,18,20,24,25)/t10-/m1/s1. The van der Waals surface area contributed by atoms with Crippen molar-refractivity contribution in [3.8, 4) is 0 Å². The monoisotopic (exact) mass is 372 g/mol. The average molecular weight is 372 g/mol. The van der Waals surface area contributed by atoms with Crippen LogP contribution >= 0.6 is 11.8 Å². The van der Waals surface area contributed by atoms with Crippen molar-refractivity contribution in [3.63, 3.8) is 0 Å². The fourth-order valence-electron chi connectivity index (χ4n) is 2.69. The van der Waals surface area contributed by atoms with E-state index >= 15 is 0 Å². The third-order valence-electron chi connectivity index (χ3n) is 3.90. The average Bonchev–Trinajstić information content (AvgIpc) is 2.94. The Morgan fingerprint density at radius 1 is 1.23 bits per heavy atom. The number of fused-ring (bicyclic) bond motifs is 3. The van der Waals surface area contributed by atoms with Crippen LogP contribution in [-0.4, -0.2) is 43.5 Å². The van der Waals surface area contributed by atoms with Crippen LogP contribution in [0.25, 0.3) is 22.1 Å². The van der Waals surface area contributed by atoms with Crippen LogP contribution in [0.4, 0.5) is 4.79 Å². The predicted molar refractivity (Wildman–Crippen MR) is 101 cm³/mol. The normalized spacial score (nSPS) is 12.3. The van der Waals surface area contributed by atoms with Gasteiger partial charge in [0.15, 0.2) is 5.65 Å². The minimum absolute atomic E-state index is 0.397. The molecule has 3 rings (SSSR count). The van der Waals surface area contributed by atoms with Crippen molar-refractivity contribution in [2.24, 2.45) is 0 Å². The molecule has 9 heteroatoms. The summed E-state index contributed by atoms with van der Waals surface area (Å²) in [4.78, 5) is 28.1. The molecule has 1 atom stereocenters. The van der Waals surface area contributed by atoms with E-state index in [4.69, 9.17) is 0 Å². The van der Waals surface area contributed by atoms with Crippen molar-refractivity contribution in [3.05, 3.63) is 24.3 Å². The number of aromatic nitrogens is 4. The van der Waals surface area contributed by atoms with Crippen LogP contribution in [0.3, 0.4) is 0 Å². The lowest BCUT2D eigenvalue weighted by Gasteiger charge is -2.10. The molecule has 2 heterocycles. The number of para-hydroxylation sites is 1. The molecule has 0 unspecified atom stereocenters. The molecule has 0 spiro atoms. The van der Waals surface area contributed by atoms with E-state index in [1.165, 1.54) is 11.8 Å². The largest absolute Gasteiger partial charge is 0.338 e. The fourth-order valence-corrected chi connectivity index (χ4v) is 3.40. The molecule has 0 bridgehead atoms. The number of thioether (sulfide) groups is 1. The Kier molecular flexibility index (Phi) is 5.36. The molecule has 0 aliphatic rings. The Bertz CT molecular complexity index is 970. The maximum absolute atomic E-state index is 12.1. The van der Waals surface area contributed by atoms with Gasteiger partial charge >= 0.3 is 6.03 Å². The molecule has 3 aromatic rings. The lowest BCUT2D eigenvalue weighted by Crippen LogP contribution is -2.42. The number of hydrogen-bond donors (Lipinski definition) is 2. The van der Waals surface area contributed by atoms with Crippen LogP contribution in [0.5, 0.6) is 0 Å². The molecule has 0 saturated heterocycles. The molecule has 0 aliphatic carbocycles. The lowest BCUT2D eigenvalue weighted by atomic mass is 10.2. The van der Waals surface area contributed by atoms with Crippen molar-refractivity contribution in [2.75, 3.05) is 6.54 Å². The first-order valence-electron chi connectivity index (χ1n) is 8.42. The number of imide groups is 1. The van der Waals surface area contributed by atoms with Crippen LogP contribution in [-0.2, 0) is 11.3 Å². The van der Waals surface area contributed by atoms with Crippen molar-refractivity contribution in [1.29, 1.82) is 0 Å². The van der Waals surface area contributed by atoms with Gasteiger partial charge in [-0.1, -0.05) is 30.0 Å². The zero-order valence-corrected chi connectivity index (χ0v) is 15.6. The molecule has 2 N–H and O–H groups in total. The predicted octanol–water partition coefficient (Wildman–Crippen LogP) is 2.33. The van der Waals surface area contributed by atoms with E-state index in [0.29, 0.717) is 11.7 Å². The van der Waals surface area contributed by atoms with E-state index in [1.807, 2.05) is 31.2 Å². The van der Waals surface area contributed by atoms with E-state index in [1.54, 1.807) is 13.8 Å². The van der Waals surface area contributed by atoms with E-state index in [9.17, 15) is 9.59 Å². The highest BCUT2D eigenvalue weighted by atomic mass is 32.2. The first kappa shape index (κ1) is 18.1. The molecular formula is C17H20N6O2S. The maximum atomic E-state index is 12.1. The SMILES string of the molecule is CCNC(=O)NC(=O)[C@@H](C)Sc1nnc2c3ccccc3n(CC)c2n1. The zero-order valence-electron chi connectivity index (χ0n) is 14.8. The summed E-state index contributed by atoms with van der Waals surface area (Å²) in [5.41, 5.74) is 2.53. The second-order valence-corrected chi connectivity index (χ2v) is 6.94. The van der Waals surface area contributed by atoms with Gasteiger partial charge in [0.05, 0.1) is 10.8 Å². The summed E-state index contributed by atoms with van der Waals surface area (Å²) in [5, 5.41) is 14.1. The van der Waals surface area contributed by atoms with Crippen LogP contribution < -0.4 is 10.6 Å². The van der Waals surface area contributed by atoms with Gasteiger partial charge in [0, 0.05) is 18.5 Å². The molecule has 3 amide bonds. The molecule has 136 valence electrons. The minimum atomic E-state index is -0.531. The highest BCUT2D eigenvalue weighted by Gasteiger charge is 2.20. The molecule has 1 aromatic carbocycles. The molecule has 26 heavy (non-hydrogen) atoms. The van der Waals surface area contributed by atoms with Gasteiger partial charge in [-0.05, 0) is 26.8 Å². The number of hydrogen-bond acceptors (Lipinski definition) is 6. The first-order chi connectivity index (χ1) is 12.5. The van der Waals surface area contributed by atoms with Gasteiger partial charge in [0.25, 0.3) is 0 Å².